The number of nitrogens with zero attached hydrogens (tertiary/aromatic N) is 2. The zero-order valence-corrected chi connectivity index (χ0v) is 18.0. The molecule has 3 heterocycles. The lowest BCUT2D eigenvalue weighted by Gasteiger charge is -2.49. The van der Waals surface area contributed by atoms with Gasteiger partial charge in [-0.3, -0.25) is 4.79 Å². The molecular weight excluding hydrogens is 376 g/mol. The van der Waals surface area contributed by atoms with Gasteiger partial charge in [0, 0.05) is 43.2 Å². The number of ether oxygens (including phenoxy) is 1. The van der Waals surface area contributed by atoms with E-state index in [1.165, 1.54) is 0 Å². The Kier molecular flexibility index (Phi) is 5.65. The molecular formula is C25H30N2O3. The van der Waals surface area contributed by atoms with Crippen molar-refractivity contribution in [3.05, 3.63) is 71.8 Å². The van der Waals surface area contributed by atoms with Crippen LogP contribution in [0.1, 0.15) is 41.5 Å². The molecule has 4 atom stereocenters. The van der Waals surface area contributed by atoms with Crippen LogP contribution in [0.25, 0.3) is 0 Å². The Morgan fingerprint density at radius 2 is 1.57 bits per heavy atom. The van der Waals surface area contributed by atoms with E-state index in [-0.39, 0.29) is 35.3 Å². The van der Waals surface area contributed by atoms with Gasteiger partial charge < -0.3 is 14.5 Å². The molecule has 0 aliphatic carbocycles. The lowest BCUT2D eigenvalue weighted by Crippen LogP contribution is -2.59. The van der Waals surface area contributed by atoms with E-state index < -0.39 is 0 Å². The van der Waals surface area contributed by atoms with Gasteiger partial charge in [-0.25, -0.2) is 4.79 Å². The van der Waals surface area contributed by atoms with Gasteiger partial charge in [-0.15, -0.1) is 0 Å². The Morgan fingerprint density at radius 3 is 2.20 bits per heavy atom. The molecule has 1 unspecified atom stereocenters. The van der Waals surface area contributed by atoms with E-state index in [1.54, 1.807) is 12.1 Å². The van der Waals surface area contributed by atoms with Crippen LogP contribution in [0.3, 0.4) is 0 Å². The van der Waals surface area contributed by atoms with Gasteiger partial charge in [0.2, 0.25) is 0 Å². The number of rotatable bonds is 4. The molecule has 5 nitrogen and oxygen atoms in total. The van der Waals surface area contributed by atoms with Crippen LogP contribution < -0.4 is 0 Å². The Morgan fingerprint density at radius 1 is 0.967 bits per heavy atom. The van der Waals surface area contributed by atoms with Crippen molar-refractivity contribution in [2.45, 2.75) is 32.9 Å². The van der Waals surface area contributed by atoms with Gasteiger partial charge in [-0.1, -0.05) is 50.2 Å². The molecule has 0 saturated carbocycles. The maximum Gasteiger partial charge on any atom is 0.338 e. The Labute approximate surface area is 178 Å². The summed E-state index contributed by atoms with van der Waals surface area (Å²) in [6.07, 6.45) is 0. The van der Waals surface area contributed by atoms with Crippen molar-refractivity contribution in [1.29, 1.82) is 0 Å². The lowest BCUT2D eigenvalue weighted by atomic mass is 9.73. The van der Waals surface area contributed by atoms with Crippen LogP contribution >= 0.6 is 0 Å². The molecule has 2 aromatic carbocycles. The predicted octanol–water partition coefficient (Wildman–Crippen LogP) is 3.71. The minimum absolute atomic E-state index is 0.00234. The molecule has 0 spiro atoms. The van der Waals surface area contributed by atoms with Gasteiger partial charge in [0.1, 0.15) is 0 Å². The molecule has 0 N–H and O–H groups in total. The van der Waals surface area contributed by atoms with Crippen LogP contribution in [0.2, 0.25) is 0 Å². The highest BCUT2D eigenvalue weighted by Crippen LogP contribution is 2.41. The minimum Gasteiger partial charge on any atom is -0.462 e. The maximum absolute atomic E-state index is 13.5. The second-order valence-electron chi connectivity index (χ2n) is 9.28. The first-order chi connectivity index (χ1) is 14.4. The number of amides is 1. The van der Waals surface area contributed by atoms with Gasteiger partial charge in [-0.2, -0.15) is 0 Å². The Bertz CT molecular complexity index is 897. The van der Waals surface area contributed by atoms with E-state index in [9.17, 15) is 9.59 Å². The summed E-state index contributed by atoms with van der Waals surface area (Å²) in [5.74, 6) is -0.180. The number of hydrogen-bond acceptors (Lipinski definition) is 4. The maximum atomic E-state index is 13.5. The third kappa shape index (κ3) is 3.99. The first-order valence-corrected chi connectivity index (χ1v) is 10.7. The van der Waals surface area contributed by atoms with Crippen LogP contribution in [-0.2, 0) is 4.74 Å². The van der Waals surface area contributed by atoms with E-state index in [2.05, 4.69) is 30.6 Å². The van der Waals surface area contributed by atoms with Crippen LogP contribution in [0.5, 0.6) is 0 Å². The van der Waals surface area contributed by atoms with Crippen molar-refractivity contribution in [3.63, 3.8) is 0 Å². The van der Waals surface area contributed by atoms with E-state index in [4.69, 9.17) is 4.74 Å². The highest BCUT2D eigenvalue weighted by atomic mass is 16.5. The fourth-order valence-electron chi connectivity index (χ4n) is 5.32. The van der Waals surface area contributed by atoms with Crippen molar-refractivity contribution in [2.24, 2.45) is 11.3 Å². The zero-order chi connectivity index (χ0) is 21.3. The van der Waals surface area contributed by atoms with Crippen molar-refractivity contribution in [2.75, 3.05) is 26.2 Å². The summed E-state index contributed by atoms with van der Waals surface area (Å²) in [7, 11) is 0. The lowest BCUT2D eigenvalue weighted by molar-refractivity contribution is -0.0219. The third-order valence-corrected chi connectivity index (χ3v) is 6.36. The molecule has 2 aromatic rings. The zero-order valence-electron chi connectivity index (χ0n) is 18.0. The number of fused-ring (bicyclic) bond motifs is 4. The molecule has 0 aromatic heterocycles. The summed E-state index contributed by atoms with van der Waals surface area (Å²) in [6, 6.07) is 18.7. The number of piperidine rings is 1. The van der Waals surface area contributed by atoms with E-state index in [0.29, 0.717) is 17.7 Å². The number of carbonyl (C=O) groups is 2. The summed E-state index contributed by atoms with van der Waals surface area (Å²) < 4.78 is 5.73. The molecule has 30 heavy (non-hydrogen) atoms. The second-order valence-corrected chi connectivity index (χ2v) is 9.28. The molecule has 2 bridgehead atoms. The Hall–Kier alpha value is -2.66. The van der Waals surface area contributed by atoms with E-state index in [1.807, 2.05) is 48.5 Å². The van der Waals surface area contributed by atoms with Crippen molar-refractivity contribution in [3.8, 4) is 0 Å². The molecule has 0 radical (unpaired) electrons. The normalized spacial score (nSPS) is 27.4. The van der Waals surface area contributed by atoms with E-state index >= 15 is 0 Å². The third-order valence-electron chi connectivity index (χ3n) is 6.36. The number of carbonyl (C=O) groups excluding carboxylic acids is 2. The number of hydrogen-bond donors (Lipinski definition) is 0. The fraction of sp³-hybridized carbons (Fsp3) is 0.440. The molecule has 3 saturated heterocycles. The highest BCUT2D eigenvalue weighted by molar-refractivity contribution is 5.94. The van der Waals surface area contributed by atoms with Gasteiger partial charge in [0.05, 0.1) is 12.2 Å². The van der Waals surface area contributed by atoms with Crippen LogP contribution in [0.15, 0.2) is 60.7 Å². The van der Waals surface area contributed by atoms with Crippen LogP contribution in [0.4, 0.5) is 0 Å². The van der Waals surface area contributed by atoms with Crippen molar-refractivity contribution < 1.29 is 14.3 Å². The molecule has 3 aliphatic heterocycles. The standard InChI is InChI=1S/C25H30N2O3/c1-18-14-26-15-21(16-30-24(29)20-12-8-5-9-13-20)22(25(2,3)17-26)27(18)23(28)19-10-6-4-7-11-19/h4-13,18,21-22H,14-17H2,1-3H3/t18-,21-,22+/m0/s1. The molecule has 1 amide bonds. The quantitative estimate of drug-likeness (QED) is 0.727. The average molecular weight is 407 g/mol. The summed E-state index contributed by atoms with van der Waals surface area (Å²) in [5, 5.41) is 0. The van der Waals surface area contributed by atoms with Crippen molar-refractivity contribution in [1.82, 2.24) is 9.80 Å². The highest BCUT2D eigenvalue weighted by Gasteiger charge is 2.51. The average Bonchev–Trinajstić information content (AvgIpc) is 2.94. The SMILES string of the molecule is C[C@H]1CN2C[C@@H](COC(=O)c3ccccc3)[C@@H](N1C(=O)c1ccccc1)C(C)(C)C2. The second kappa shape index (κ2) is 8.23. The van der Waals surface area contributed by atoms with Gasteiger partial charge in [-0.05, 0) is 36.6 Å². The van der Waals surface area contributed by atoms with Crippen LogP contribution in [-0.4, -0.2) is 60.0 Å². The summed E-state index contributed by atoms with van der Waals surface area (Å²) in [5.41, 5.74) is 1.17. The monoisotopic (exact) mass is 406 g/mol. The van der Waals surface area contributed by atoms with Gasteiger partial charge >= 0.3 is 5.97 Å². The largest absolute Gasteiger partial charge is 0.462 e. The number of esters is 1. The molecule has 5 rings (SSSR count). The smallest absolute Gasteiger partial charge is 0.338 e. The molecule has 3 aliphatic rings. The Balaban J connectivity index is 1.60. The number of benzene rings is 2. The predicted molar refractivity (Wildman–Crippen MR) is 116 cm³/mol. The first-order valence-electron chi connectivity index (χ1n) is 10.7. The minimum atomic E-state index is -0.308. The summed E-state index contributed by atoms with van der Waals surface area (Å²) in [6.45, 7) is 9.48. The summed E-state index contributed by atoms with van der Waals surface area (Å²) >= 11 is 0. The molecule has 5 heteroatoms. The topological polar surface area (TPSA) is 49.9 Å². The molecule has 158 valence electrons. The van der Waals surface area contributed by atoms with Gasteiger partial charge in [0.25, 0.3) is 5.91 Å². The fourth-order valence-corrected chi connectivity index (χ4v) is 5.32. The molecule has 3 fully saturated rings. The van der Waals surface area contributed by atoms with Crippen molar-refractivity contribution >= 4 is 11.9 Å². The summed E-state index contributed by atoms with van der Waals surface area (Å²) in [4.78, 5) is 30.5. The first kappa shape index (κ1) is 20.6. The van der Waals surface area contributed by atoms with E-state index in [0.717, 1.165) is 19.6 Å². The van der Waals surface area contributed by atoms with Gasteiger partial charge in [0.15, 0.2) is 0 Å². The van der Waals surface area contributed by atoms with Crippen LogP contribution in [0, 0.1) is 11.3 Å².